The smallest absolute Gasteiger partial charge is 0.257 e. The quantitative estimate of drug-likeness (QED) is 0.701. The van der Waals surface area contributed by atoms with Gasteiger partial charge in [0.05, 0.1) is 0 Å². The number of rotatable bonds is 3. The average molecular weight is 269 g/mol. The van der Waals surface area contributed by atoms with E-state index in [-0.39, 0.29) is 23.7 Å². The number of aromatic nitrogens is 1. The lowest BCUT2D eigenvalue weighted by molar-refractivity contribution is -0.127. The molecule has 2 heterocycles. The fourth-order valence-corrected chi connectivity index (χ4v) is 2.62. The Morgan fingerprint density at radius 1 is 1.61 bits per heavy atom. The van der Waals surface area contributed by atoms with E-state index in [4.69, 9.17) is 5.73 Å². The van der Waals surface area contributed by atoms with E-state index in [0.717, 1.165) is 11.5 Å². The van der Waals surface area contributed by atoms with Crippen LogP contribution in [-0.2, 0) is 4.79 Å². The molecule has 4 N–H and O–H groups in total. The molecule has 1 saturated heterocycles. The maximum absolute atomic E-state index is 11.8. The first-order valence-electron chi connectivity index (χ1n) is 5.53. The standard InChI is InChI=1S/C10H15N5O2S/c1-12-8(16)6-7(11)14-18-9(6)13-5-3-4-15(2)10(5)17/h5,13H,3-4H2,1-2H3,(H2,11,14)(H,12,16). The van der Waals surface area contributed by atoms with Crippen molar-refractivity contribution in [2.75, 3.05) is 31.7 Å². The number of nitrogen functional groups attached to an aromatic ring is 1. The fourth-order valence-electron chi connectivity index (χ4n) is 1.86. The molecule has 8 heteroatoms. The van der Waals surface area contributed by atoms with E-state index in [1.165, 1.54) is 7.05 Å². The van der Waals surface area contributed by atoms with Crippen LogP contribution in [0.15, 0.2) is 0 Å². The summed E-state index contributed by atoms with van der Waals surface area (Å²) in [5, 5.41) is 6.10. The number of hydrogen-bond donors (Lipinski definition) is 3. The van der Waals surface area contributed by atoms with E-state index < -0.39 is 0 Å². The molecule has 2 rings (SSSR count). The van der Waals surface area contributed by atoms with Gasteiger partial charge in [-0.25, -0.2) is 0 Å². The van der Waals surface area contributed by atoms with E-state index in [2.05, 4.69) is 15.0 Å². The predicted molar refractivity (Wildman–Crippen MR) is 69.6 cm³/mol. The minimum atomic E-state index is -0.307. The van der Waals surface area contributed by atoms with Crippen LogP contribution in [0.2, 0.25) is 0 Å². The van der Waals surface area contributed by atoms with Crippen molar-refractivity contribution in [1.29, 1.82) is 0 Å². The summed E-state index contributed by atoms with van der Waals surface area (Å²) in [5.41, 5.74) is 5.97. The summed E-state index contributed by atoms with van der Waals surface area (Å²) < 4.78 is 3.94. The molecule has 2 amide bonds. The first kappa shape index (κ1) is 12.6. The lowest BCUT2D eigenvalue weighted by atomic mass is 10.2. The van der Waals surface area contributed by atoms with Gasteiger partial charge in [0.15, 0.2) is 5.82 Å². The SMILES string of the molecule is CNC(=O)c1c(N)nsc1NC1CCN(C)C1=O. The molecule has 0 saturated carbocycles. The van der Waals surface area contributed by atoms with Crippen LogP contribution in [0.3, 0.4) is 0 Å². The zero-order valence-electron chi connectivity index (χ0n) is 10.2. The lowest BCUT2D eigenvalue weighted by Crippen LogP contribution is -2.31. The van der Waals surface area contributed by atoms with Gasteiger partial charge in [0.2, 0.25) is 5.91 Å². The van der Waals surface area contributed by atoms with Gasteiger partial charge in [-0.2, -0.15) is 4.37 Å². The second kappa shape index (κ2) is 4.81. The van der Waals surface area contributed by atoms with Gasteiger partial charge < -0.3 is 21.3 Å². The zero-order chi connectivity index (χ0) is 13.3. The number of nitrogens with zero attached hydrogens (tertiary/aromatic N) is 2. The van der Waals surface area contributed by atoms with E-state index >= 15 is 0 Å². The second-order valence-electron chi connectivity index (χ2n) is 4.10. The van der Waals surface area contributed by atoms with Crippen molar-refractivity contribution < 1.29 is 9.59 Å². The van der Waals surface area contributed by atoms with E-state index in [9.17, 15) is 9.59 Å². The normalized spacial score (nSPS) is 19.1. The van der Waals surface area contributed by atoms with Crippen LogP contribution >= 0.6 is 11.5 Å². The van der Waals surface area contributed by atoms with Gasteiger partial charge in [-0.3, -0.25) is 9.59 Å². The van der Waals surface area contributed by atoms with Crippen molar-refractivity contribution in [3.05, 3.63) is 5.56 Å². The maximum atomic E-state index is 11.8. The van der Waals surface area contributed by atoms with Gasteiger partial charge >= 0.3 is 0 Å². The predicted octanol–water partition coefficient (Wildman–Crippen LogP) is -0.272. The summed E-state index contributed by atoms with van der Waals surface area (Å²) >= 11 is 1.09. The Labute approximate surface area is 109 Å². The molecule has 1 aliphatic rings. The van der Waals surface area contributed by atoms with Crippen molar-refractivity contribution in [3.63, 3.8) is 0 Å². The molecule has 0 spiro atoms. The molecular weight excluding hydrogens is 254 g/mol. The number of nitrogens with one attached hydrogen (secondary N) is 2. The number of hydrogen-bond acceptors (Lipinski definition) is 6. The topological polar surface area (TPSA) is 100 Å². The van der Waals surface area contributed by atoms with Crippen LogP contribution in [0.25, 0.3) is 0 Å². The summed E-state index contributed by atoms with van der Waals surface area (Å²) in [6, 6.07) is -0.307. The van der Waals surface area contributed by atoms with Gasteiger partial charge in [0.1, 0.15) is 16.6 Å². The highest BCUT2D eigenvalue weighted by Gasteiger charge is 2.31. The Hall–Kier alpha value is -1.83. The molecule has 0 radical (unpaired) electrons. The van der Waals surface area contributed by atoms with Gasteiger partial charge in [-0.05, 0) is 18.0 Å². The van der Waals surface area contributed by atoms with E-state index in [0.29, 0.717) is 23.5 Å². The van der Waals surface area contributed by atoms with E-state index in [1.807, 2.05) is 0 Å². The summed E-state index contributed by atoms with van der Waals surface area (Å²) in [4.78, 5) is 25.1. The number of carbonyl (C=O) groups excluding carboxylic acids is 2. The van der Waals surface area contributed by atoms with Crippen molar-refractivity contribution in [1.82, 2.24) is 14.6 Å². The molecule has 0 aliphatic carbocycles. The Morgan fingerprint density at radius 3 is 2.89 bits per heavy atom. The monoisotopic (exact) mass is 269 g/mol. The van der Waals surface area contributed by atoms with Crippen LogP contribution in [0, 0.1) is 0 Å². The Balaban J connectivity index is 2.20. The molecule has 18 heavy (non-hydrogen) atoms. The van der Waals surface area contributed by atoms with Crippen molar-refractivity contribution >= 4 is 34.2 Å². The lowest BCUT2D eigenvalue weighted by Gasteiger charge is -2.12. The van der Waals surface area contributed by atoms with Crippen LogP contribution in [-0.4, -0.2) is 47.8 Å². The molecule has 1 aromatic heterocycles. The summed E-state index contributed by atoms with van der Waals surface area (Å²) in [6.07, 6.45) is 0.709. The number of likely N-dealkylation sites (N-methyl/N-ethyl adjacent to an activating group) is 1. The first-order chi connectivity index (χ1) is 8.54. The number of carbonyl (C=O) groups is 2. The number of amides is 2. The zero-order valence-corrected chi connectivity index (χ0v) is 11.0. The Morgan fingerprint density at radius 2 is 2.33 bits per heavy atom. The molecule has 1 aromatic rings. The van der Waals surface area contributed by atoms with Crippen LogP contribution < -0.4 is 16.4 Å². The van der Waals surface area contributed by atoms with Crippen LogP contribution in [0.1, 0.15) is 16.8 Å². The van der Waals surface area contributed by atoms with Gasteiger partial charge in [-0.15, -0.1) is 0 Å². The van der Waals surface area contributed by atoms with Crippen molar-refractivity contribution in [2.24, 2.45) is 0 Å². The number of likely N-dealkylation sites (tertiary alicyclic amines) is 1. The van der Waals surface area contributed by atoms with Crippen molar-refractivity contribution in [2.45, 2.75) is 12.5 Å². The third-order valence-corrected chi connectivity index (χ3v) is 3.70. The maximum Gasteiger partial charge on any atom is 0.257 e. The van der Waals surface area contributed by atoms with E-state index in [1.54, 1.807) is 11.9 Å². The molecule has 98 valence electrons. The number of nitrogens with two attached hydrogens (primary N) is 1. The minimum Gasteiger partial charge on any atom is -0.382 e. The Kier molecular flexibility index (Phi) is 3.37. The molecular formula is C10H15N5O2S. The first-order valence-corrected chi connectivity index (χ1v) is 6.30. The second-order valence-corrected chi connectivity index (χ2v) is 4.87. The molecule has 1 aliphatic heterocycles. The molecule has 7 nitrogen and oxygen atoms in total. The third-order valence-electron chi connectivity index (χ3n) is 2.91. The third kappa shape index (κ3) is 2.10. The largest absolute Gasteiger partial charge is 0.382 e. The highest BCUT2D eigenvalue weighted by atomic mass is 32.1. The van der Waals surface area contributed by atoms with Gasteiger partial charge in [-0.1, -0.05) is 0 Å². The van der Waals surface area contributed by atoms with Gasteiger partial charge in [0.25, 0.3) is 5.91 Å². The average Bonchev–Trinajstić information content (AvgIpc) is 2.86. The number of anilines is 2. The van der Waals surface area contributed by atoms with Crippen molar-refractivity contribution in [3.8, 4) is 0 Å². The molecule has 0 aromatic carbocycles. The summed E-state index contributed by atoms with van der Waals surface area (Å²) in [6.45, 7) is 0.708. The summed E-state index contributed by atoms with van der Waals surface area (Å²) in [5.74, 6) is -0.104. The molecule has 1 unspecified atom stereocenters. The Bertz CT molecular complexity index is 487. The van der Waals surface area contributed by atoms with Gasteiger partial charge in [0, 0.05) is 20.6 Å². The molecule has 0 bridgehead atoms. The highest BCUT2D eigenvalue weighted by molar-refractivity contribution is 7.11. The van der Waals surface area contributed by atoms with Crippen LogP contribution in [0.4, 0.5) is 10.8 Å². The fraction of sp³-hybridized carbons (Fsp3) is 0.500. The molecule has 1 fully saturated rings. The molecule has 1 atom stereocenters. The summed E-state index contributed by atoms with van der Waals surface area (Å²) in [7, 11) is 3.28. The highest BCUT2D eigenvalue weighted by Crippen LogP contribution is 2.28. The minimum absolute atomic E-state index is 0.0184. The van der Waals surface area contributed by atoms with Crippen LogP contribution in [0.5, 0.6) is 0 Å².